The Labute approximate surface area is 204 Å². The lowest BCUT2D eigenvalue weighted by Crippen LogP contribution is -2.40. The van der Waals surface area contributed by atoms with E-state index >= 15 is 0 Å². The van der Waals surface area contributed by atoms with Gasteiger partial charge in [0.1, 0.15) is 17.7 Å². The van der Waals surface area contributed by atoms with E-state index in [0.29, 0.717) is 5.56 Å². The molecule has 1 fully saturated rings. The summed E-state index contributed by atoms with van der Waals surface area (Å²) in [5, 5.41) is 16.7. The average Bonchev–Trinajstić information content (AvgIpc) is 3.29. The van der Waals surface area contributed by atoms with Gasteiger partial charge in [0.2, 0.25) is 0 Å². The Balaban J connectivity index is 0.000000454. The van der Waals surface area contributed by atoms with Crippen molar-refractivity contribution in [3.63, 3.8) is 0 Å². The number of anilines is 1. The third-order valence-corrected chi connectivity index (χ3v) is 5.42. The van der Waals surface area contributed by atoms with Gasteiger partial charge in [0.15, 0.2) is 0 Å². The Morgan fingerprint density at radius 3 is 2.39 bits per heavy atom. The number of hydrogen-bond donors (Lipinski definition) is 3. The van der Waals surface area contributed by atoms with Gasteiger partial charge >= 0.3 is 12.1 Å². The van der Waals surface area contributed by atoms with Gasteiger partial charge in [-0.15, -0.1) is 0 Å². The summed E-state index contributed by atoms with van der Waals surface area (Å²) in [6.45, 7) is 1.69. The van der Waals surface area contributed by atoms with Crippen molar-refractivity contribution in [2.24, 2.45) is 5.73 Å². The van der Waals surface area contributed by atoms with E-state index in [2.05, 4.69) is 20.9 Å². The van der Waals surface area contributed by atoms with Crippen molar-refractivity contribution in [3.8, 4) is 17.3 Å². The van der Waals surface area contributed by atoms with Crippen LogP contribution < -0.4 is 10.6 Å². The zero-order valence-corrected chi connectivity index (χ0v) is 19.0. The number of carboxylic acid groups (broad SMARTS) is 1. The van der Waals surface area contributed by atoms with E-state index in [1.54, 1.807) is 18.3 Å². The second-order valence-corrected chi connectivity index (χ2v) is 8.04. The Morgan fingerprint density at radius 1 is 1.17 bits per heavy atom. The first-order valence-corrected chi connectivity index (χ1v) is 10.9. The van der Waals surface area contributed by atoms with Crippen LogP contribution in [0.4, 0.5) is 23.4 Å². The van der Waals surface area contributed by atoms with Gasteiger partial charge in [-0.25, -0.2) is 9.18 Å². The maximum absolute atomic E-state index is 13.0. The molecule has 3 heterocycles. The predicted molar refractivity (Wildman–Crippen MR) is 127 cm³/mol. The van der Waals surface area contributed by atoms with E-state index in [-0.39, 0.29) is 11.9 Å². The van der Waals surface area contributed by atoms with E-state index in [1.165, 1.54) is 12.1 Å². The number of aromatic nitrogens is 2. The molecule has 0 bridgehead atoms. The molecule has 1 aliphatic heterocycles. The molecule has 1 aromatic carbocycles. The van der Waals surface area contributed by atoms with Crippen LogP contribution in [-0.2, 0) is 4.79 Å². The number of alkyl halides is 3. The quantitative estimate of drug-likeness (QED) is 0.441. The Kier molecular flexibility index (Phi) is 8.45. The number of hydrogen-bond acceptors (Lipinski definition) is 5. The van der Waals surface area contributed by atoms with E-state index in [0.717, 1.165) is 54.3 Å². The maximum atomic E-state index is 13.0. The summed E-state index contributed by atoms with van der Waals surface area (Å²) < 4.78 is 44.8. The van der Waals surface area contributed by atoms with Crippen molar-refractivity contribution >= 4 is 23.9 Å². The van der Waals surface area contributed by atoms with Crippen LogP contribution in [0.2, 0.25) is 0 Å². The van der Waals surface area contributed by atoms with Crippen molar-refractivity contribution in [3.05, 3.63) is 71.3 Å². The number of halogens is 4. The van der Waals surface area contributed by atoms with Gasteiger partial charge in [-0.2, -0.15) is 18.4 Å². The molecule has 36 heavy (non-hydrogen) atoms. The van der Waals surface area contributed by atoms with Crippen LogP contribution in [0.3, 0.4) is 0 Å². The third-order valence-electron chi connectivity index (χ3n) is 5.42. The van der Waals surface area contributed by atoms with Gasteiger partial charge in [0, 0.05) is 36.6 Å². The zero-order chi connectivity index (χ0) is 26.3. The Morgan fingerprint density at radius 2 is 1.81 bits per heavy atom. The summed E-state index contributed by atoms with van der Waals surface area (Å²) in [5.74, 6) is -2.16. The van der Waals surface area contributed by atoms with Crippen molar-refractivity contribution < 1.29 is 27.5 Å². The first kappa shape index (κ1) is 26.4. The summed E-state index contributed by atoms with van der Waals surface area (Å²) >= 11 is 0. The minimum Gasteiger partial charge on any atom is -0.475 e. The third kappa shape index (κ3) is 7.16. The molecular formula is C25H23F4N5O2. The van der Waals surface area contributed by atoms with Crippen LogP contribution in [0.5, 0.6) is 0 Å². The van der Waals surface area contributed by atoms with Gasteiger partial charge in [-0.1, -0.05) is 18.2 Å². The number of carbonyl (C=O) groups is 1. The summed E-state index contributed by atoms with van der Waals surface area (Å²) in [6.07, 6.45) is 2.28. The van der Waals surface area contributed by atoms with Crippen molar-refractivity contribution in [2.45, 2.75) is 25.1 Å². The number of aromatic amines is 1. The molecule has 11 heteroatoms. The smallest absolute Gasteiger partial charge is 0.475 e. The molecule has 1 aliphatic rings. The molecule has 0 saturated carbocycles. The molecule has 0 aliphatic carbocycles. The number of piperidine rings is 1. The van der Waals surface area contributed by atoms with Gasteiger partial charge in [0.05, 0.1) is 11.3 Å². The Bertz CT molecular complexity index is 1250. The predicted octanol–water partition coefficient (Wildman–Crippen LogP) is 4.82. The second kappa shape index (κ2) is 11.5. The number of aliphatic carboxylic acids is 1. The largest absolute Gasteiger partial charge is 0.490 e. The molecule has 1 saturated heterocycles. The number of H-pyrrole nitrogens is 1. The highest BCUT2D eigenvalue weighted by atomic mass is 19.4. The fourth-order valence-electron chi connectivity index (χ4n) is 3.52. The molecule has 0 atom stereocenters. The number of benzene rings is 1. The van der Waals surface area contributed by atoms with E-state index < -0.39 is 12.1 Å². The number of nitrogens with zero attached hydrogens (tertiary/aromatic N) is 3. The zero-order valence-electron chi connectivity index (χ0n) is 19.0. The molecule has 3 aromatic rings. The summed E-state index contributed by atoms with van der Waals surface area (Å²) in [6, 6.07) is 14.6. The summed E-state index contributed by atoms with van der Waals surface area (Å²) in [5.41, 5.74) is 10.2. The highest BCUT2D eigenvalue weighted by Crippen LogP contribution is 2.29. The monoisotopic (exact) mass is 501 g/mol. The number of nitrogens with one attached hydrogen (secondary N) is 1. The topological polar surface area (TPSA) is 119 Å². The number of nitrogens with two attached hydrogens (primary N) is 1. The average molecular weight is 501 g/mol. The molecule has 2 aromatic heterocycles. The normalized spacial score (nSPS) is 14.3. The van der Waals surface area contributed by atoms with Crippen LogP contribution in [0.15, 0.2) is 48.7 Å². The van der Waals surface area contributed by atoms with Crippen molar-refractivity contribution in [1.82, 2.24) is 9.97 Å². The van der Waals surface area contributed by atoms with Crippen molar-refractivity contribution in [2.75, 3.05) is 18.0 Å². The lowest BCUT2D eigenvalue weighted by atomic mass is 10.1. The van der Waals surface area contributed by atoms with Crippen molar-refractivity contribution in [1.29, 1.82) is 5.26 Å². The van der Waals surface area contributed by atoms with E-state index in [4.69, 9.17) is 15.6 Å². The number of pyridine rings is 1. The van der Waals surface area contributed by atoms with Crippen LogP contribution in [0.1, 0.15) is 29.7 Å². The lowest BCUT2D eigenvalue weighted by Gasteiger charge is -2.31. The summed E-state index contributed by atoms with van der Waals surface area (Å²) in [4.78, 5) is 18.9. The minimum atomic E-state index is -5.08. The molecule has 188 valence electrons. The number of carboxylic acids is 1. The number of nitriles is 1. The number of rotatable bonds is 4. The standard InChI is InChI=1S/C23H22FN5.C2HF3O2/c24-19-4-1-16(2-5-19)3-6-21-13-17(7-10-27-21)22-14-18(15-25)23(28-22)29-11-8-20(26)9-12-29;3-2(4,5)1(6)7/h1-7,10,13-14,20,28H,8-9,11-12,26H2;(H,6,7). The van der Waals surface area contributed by atoms with Crippen LogP contribution in [-0.4, -0.2) is 46.4 Å². The minimum absolute atomic E-state index is 0.238. The van der Waals surface area contributed by atoms with Gasteiger partial charge in [-0.05, 0) is 54.8 Å². The molecule has 0 amide bonds. The SMILES string of the molecule is N#Cc1cc(-c2ccnc(C=Cc3ccc(F)cc3)c2)[nH]c1N1CCC(N)CC1.O=C(O)C(F)(F)F. The lowest BCUT2D eigenvalue weighted by molar-refractivity contribution is -0.192. The molecule has 7 nitrogen and oxygen atoms in total. The van der Waals surface area contributed by atoms with Crippen LogP contribution in [0.25, 0.3) is 23.4 Å². The highest BCUT2D eigenvalue weighted by Gasteiger charge is 2.38. The summed E-state index contributed by atoms with van der Waals surface area (Å²) in [7, 11) is 0. The Hall–Kier alpha value is -4.17. The molecule has 0 unspecified atom stereocenters. The first-order chi connectivity index (χ1) is 17.1. The molecule has 4 N–H and O–H groups in total. The van der Waals surface area contributed by atoms with Gasteiger partial charge in [-0.3, -0.25) is 4.98 Å². The molecule has 4 rings (SSSR count). The van der Waals surface area contributed by atoms with Crippen LogP contribution >= 0.6 is 0 Å². The fraction of sp³-hybridized carbons (Fsp3) is 0.240. The van der Waals surface area contributed by atoms with Gasteiger partial charge in [0.25, 0.3) is 0 Å². The second-order valence-electron chi connectivity index (χ2n) is 8.04. The van der Waals surface area contributed by atoms with E-state index in [9.17, 15) is 22.8 Å². The fourth-order valence-corrected chi connectivity index (χ4v) is 3.52. The van der Waals surface area contributed by atoms with Gasteiger partial charge < -0.3 is 20.7 Å². The molecule has 0 radical (unpaired) electrons. The van der Waals surface area contributed by atoms with E-state index in [1.807, 2.05) is 30.4 Å². The highest BCUT2D eigenvalue weighted by molar-refractivity contribution is 5.74. The maximum Gasteiger partial charge on any atom is 0.490 e. The first-order valence-electron chi connectivity index (χ1n) is 10.9. The van der Waals surface area contributed by atoms with Crippen LogP contribution in [0, 0.1) is 17.1 Å². The molecule has 0 spiro atoms. The molecular weight excluding hydrogens is 478 g/mol.